The molecule has 0 radical (unpaired) electrons. The van der Waals surface area contributed by atoms with Gasteiger partial charge in [0.25, 0.3) is 5.91 Å². The Morgan fingerprint density at radius 3 is 2.70 bits per heavy atom. The molecule has 9 nitrogen and oxygen atoms in total. The number of hydrogen-bond donors (Lipinski definition) is 2. The van der Waals surface area contributed by atoms with Gasteiger partial charge in [-0.25, -0.2) is 9.37 Å². The van der Waals surface area contributed by atoms with Gasteiger partial charge >= 0.3 is 5.82 Å². The van der Waals surface area contributed by atoms with Crippen LogP contribution < -0.4 is 5.32 Å². The van der Waals surface area contributed by atoms with Gasteiger partial charge < -0.3 is 20.4 Å². The highest BCUT2D eigenvalue weighted by Gasteiger charge is 2.23. The predicted octanol–water partition coefficient (Wildman–Crippen LogP) is 2.83. The summed E-state index contributed by atoms with van der Waals surface area (Å²) in [5.41, 5.74) is 2.46. The third-order valence-corrected chi connectivity index (χ3v) is 4.52. The molecule has 2 N–H and O–H groups in total. The van der Waals surface area contributed by atoms with Crippen LogP contribution in [-0.4, -0.2) is 37.1 Å². The van der Waals surface area contributed by atoms with E-state index < -0.39 is 22.5 Å². The molecule has 0 aliphatic carbocycles. The van der Waals surface area contributed by atoms with Crippen LogP contribution in [-0.2, 0) is 13.0 Å². The monoisotopic (exact) mass is 408 g/mol. The van der Waals surface area contributed by atoms with Crippen molar-refractivity contribution in [1.29, 1.82) is 0 Å². The minimum atomic E-state index is -0.660. The second-order valence-corrected chi connectivity index (χ2v) is 6.64. The van der Waals surface area contributed by atoms with Crippen LogP contribution in [0.4, 0.5) is 10.2 Å². The van der Waals surface area contributed by atoms with Crippen molar-refractivity contribution in [3.8, 4) is 0 Å². The van der Waals surface area contributed by atoms with Crippen LogP contribution in [0.5, 0.6) is 0 Å². The molecular formula is C20H17FN6O3. The van der Waals surface area contributed by atoms with E-state index in [0.29, 0.717) is 12.0 Å². The summed E-state index contributed by atoms with van der Waals surface area (Å²) in [4.78, 5) is 30.7. The SMILES string of the molecule is O=C(NCCc1nc2ccccc2[nH]1)c1cc([N+](=O)[O-])nn1Cc1ccc(F)cc1. The number of rotatable bonds is 7. The van der Waals surface area contributed by atoms with Crippen LogP contribution >= 0.6 is 0 Å². The van der Waals surface area contributed by atoms with E-state index in [1.54, 1.807) is 0 Å². The van der Waals surface area contributed by atoms with E-state index in [9.17, 15) is 19.3 Å². The molecule has 0 spiro atoms. The number of halogens is 1. The summed E-state index contributed by atoms with van der Waals surface area (Å²) in [6.45, 7) is 0.384. The Morgan fingerprint density at radius 2 is 1.97 bits per heavy atom. The van der Waals surface area contributed by atoms with Crippen LogP contribution in [0.25, 0.3) is 11.0 Å². The second-order valence-electron chi connectivity index (χ2n) is 6.64. The van der Waals surface area contributed by atoms with Crippen molar-refractivity contribution in [2.45, 2.75) is 13.0 Å². The predicted molar refractivity (Wildman–Crippen MR) is 107 cm³/mol. The first-order valence-corrected chi connectivity index (χ1v) is 9.18. The van der Waals surface area contributed by atoms with Crippen molar-refractivity contribution in [2.24, 2.45) is 0 Å². The van der Waals surface area contributed by atoms with Crippen molar-refractivity contribution in [2.75, 3.05) is 6.54 Å². The first-order valence-electron chi connectivity index (χ1n) is 9.18. The Hall–Kier alpha value is -4.08. The Morgan fingerprint density at radius 1 is 1.20 bits per heavy atom. The van der Waals surface area contributed by atoms with Gasteiger partial charge in [0.1, 0.15) is 11.6 Å². The molecule has 1 amide bonds. The third kappa shape index (κ3) is 4.17. The van der Waals surface area contributed by atoms with Gasteiger partial charge in [-0.3, -0.25) is 4.79 Å². The molecule has 0 fully saturated rings. The van der Waals surface area contributed by atoms with Gasteiger partial charge in [-0.2, -0.15) is 4.68 Å². The molecule has 4 rings (SSSR count). The van der Waals surface area contributed by atoms with Gasteiger partial charge in [-0.05, 0) is 34.8 Å². The first-order chi connectivity index (χ1) is 14.5. The Kier molecular flexibility index (Phi) is 5.21. The number of benzene rings is 2. The van der Waals surface area contributed by atoms with Gasteiger partial charge in [-0.1, -0.05) is 24.3 Å². The minimum Gasteiger partial charge on any atom is -0.358 e. The lowest BCUT2D eigenvalue weighted by molar-refractivity contribution is -0.389. The molecule has 2 heterocycles. The summed E-state index contributed by atoms with van der Waals surface area (Å²) in [5, 5.41) is 17.7. The number of hydrogen-bond acceptors (Lipinski definition) is 5. The molecule has 0 aliphatic heterocycles. The Bertz CT molecular complexity index is 1180. The topological polar surface area (TPSA) is 119 Å². The summed E-state index contributed by atoms with van der Waals surface area (Å²) in [5.74, 6) is -0.593. The van der Waals surface area contributed by atoms with Crippen molar-refractivity contribution in [3.05, 3.63) is 87.6 Å². The van der Waals surface area contributed by atoms with E-state index in [1.807, 2.05) is 24.3 Å². The number of nitro groups is 1. The van der Waals surface area contributed by atoms with Crippen LogP contribution in [0.1, 0.15) is 21.9 Å². The Balaban J connectivity index is 1.46. The molecule has 0 saturated carbocycles. The zero-order chi connectivity index (χ0) is 21.1. The van der Waals surface area contributed by atoms with Crippen LogP contribution in [0.15, 0.2) is 54.6 Å². The average Bonchev–Trinajstić information content (AvgIpc) is 3.33. The highest BCUT2D eigenvalue weighted by molar-refractivity contribution is 5.93. The maximum absolute atomic E-state index is 13.1. The minimum absolute atomic E-state index is 0.0515. The number of fused-ring (bicyclic) bond motifs is 1. The van der Waals surface area contributed by atoms with E-state index in [1.165, 1.54) is 28.9 Å². The molecule has 152 valence electrons. The lowest BCUT2D eigenvalue weighted by atomic mass is 10.2. The molecule has 0 aliphatic rings. The number of nitrogens with one attached hydrogen (secondary N) is 2. The largest absolute Gasteiger partial charge is 0.390 e. The molecule has 0 atom stereocenters. The number of nitrogens with zero attached hydrogens (tertiary/aromatic N) is 4. The third-order valence-electron chi connectivity index (χ3n) is 4.52. The van der Waals surface area contributed by atoms with Gasteiger partial charge in [0.15, 0.2) is 5.69 Å². The Labute approximate surface area is 169 Å². The standard InChI is InChI=1S/C20H17FN6O3/c21-14-7-5-13(6-8-14)12-26-17(11-19(25-26)27(29)30)20(28)22-10-9-18-23-15-3-1-2-4-16(15)24-18/h1-8,11H,9-10,12H2,(H,22,28)(H,23,24). The first kappa shape index (κ1) is 19.2. The highest BCUT2D eigenvalue weighted by atomic mass is 19.1. The molecule has 30 heavy (non-hydrogen) atoms. The summed E-state index contributed by atoms with van der Waals surface area (Å²) in [6.07, 6.45) is 0.467. The lowest BCUT2D eigenvalue weighted by Gasteiger charge is -2.05. The number of imidazole rings is 1. The summed E-state index contributed by atoms with van der Waals surface area (Å²) < 4.78 is 14.3. The van der Waals surface area contributed by atoms with Crippen molar-refractivity contribution < 1.29 is 14.1 Å². The van der Waals surface area contributed by atoms with Crippen LogP contribution in [0, 0.1) is 15.9 Å². The number of aromatic nitrogens is 4. The van der Waals surface area contributed by atoms with Crippen molar-refractivity contribution >= 4 is 22.8 Å². The van der Waals surface area contributed by atoms with Gasteiger partial charge in [0, 0.05) is 13.0 Å². The van der Waals surface area contributed by atoms with Gasteiger partial charge in [-0.15, -0.1) is 0 Å². The van der Waals surface area contributed by atoms with E-state index in [-0.39, 0.29) is 18.8 Å². The molecule has 0 bridgehead atoms. The molecule has 0 saturated heterocycles. The number of para-hydroxylation sites is 2. The quantitative estimate of drug-likeness (QED) is 0.360. The second kappa shape index (κ2) is 8.11. The summed E-state index contributed by atoms with van der Waals surface area (Å²) >= 11 is 0. The smallest absolute Gasteiger partial charge is 0.358 e. The van der Waals surface area contributed by atoms with E-state index in [4.69, 9.17) is 0 Å². The zero-order valence-electron chi connectivity index (χ0n) is 15.7. The van der Waals surface area contributed by atoms with E-state index in [0.717, 1.165) is 22.9 Å². The number of amides is 1. The van der Waals surface area contributed by atoms with Crippen LogP contribution in [0.2, 0.25) is 0 Å². The maximum atomic E-state index is 13.1. The molecule has 0 unspecified atom stereocenters. The number of carbonyl (C=O) groups excluding carboxylic acids is 1. The molecular weight excluding hydrogens is 391 g/mol. The number of aromatic amines is 1. The summed E-state index contributed by atoms with van der Waals surface area (Å²) in [6, 6.07) is 14.3. The van der Waals surface area contributed by atoms with E-state index in [2.05, 4.69) is 20.4 Å². The maximum Gasteiger partial charge on any atom is 0.390 e. The van der Waals surface area contributed by atoms with E-state index >= 15 is 0 Å². The molecule has 4 aromatic rings. The fourth-order valence-corrected chi connectivity index (χ4v) is 3.07. The number of carbonyl (C=O) groups is 1. The molecule has 2 aromatic heterocycles. The fraction of sp³-hybridized carbons (Fsp3) is 0.150. The van der Waals surface area contributed by atoms with Crippen LogP contribution in [0.3, 0.4) is 0 Å². The van der Waals surface area contributed by atoms with Gasteiger partial charge in [0.05, 0.1) is 28.7 Å². The van der Waals surface area contributed by atoms with Crippen molar-refractivity contribution in [3.63, 3.8) is 0 Å². The molecule has 2 aromatic carbocycles. The van der Waals surface area contributed by atoms with Crippen molar-refractivity contribution in [1.82, 2.24) is 25.1 Å². The highest BCUT2D eigenvalue weighted by Crippen LogP contribution is 2.15. The average molecular weight is 408 g/mol. The number of H-pyrrole nitrogens is 1. The fourth-order valence-electron chi connectivity index (χ4n) is 3.07. The summed E-state index contributed by atoms with van der Waals surface area (Å²) in [7, 11) is 0. The zero-order valence-corrected chi connectivity index (χ0v) is 15.7. The normalized spacial score (nSPS) is 11.0. The lowest BCUT2D eigenvalue weighted by Crippen LogP contribution is -2.28. The van der Waals surface area contributed by atoms with Gasteiger partial charge in [0.2, 0.25) is 0 Å². The molecule has 10 heteroatoms.